The molecule has 1 saturated heterocycles. The van der Waals surface area contributed by atoms with Crippen LogP contribution in [0.15, 0.2) is 42.5 Å². The minimum atomic E-state index is -0.511. The van der Waals surface area contributed by atoms with E-state index in [0.717, 1.165) is 11.3 Å². The number of para-hydroxylation sites is 1. The van der Waals surface area contributed by atoms with Crippen LogP contribution in [0.2, 0.25) is 5.02 Å². The number of nitrogens with zero attached hydrogens (tertiary/aromatic N) is 1. The number of carbonyl (C=O) groups excluding carboxylic acids is 3. The van der Waals surface area contributed by atoms with Gasteiger partial charge in [0.1, 0.15) is 0 Å². The van der Waals surface area contributed by atoms with Gasteiger partial charge in [0.05, 0.1) is 17.2 Å². The average Bonchev–Trinajstić information content (AvgIpc) is 3.10. The largest absolute Gasteiger partial charge is 0.352 e. The zero-order valence-electron chi connectivity index (χ0n) is 17.4. The normalized spacial score (nSPS) is 16.1. The van der Waals surface area contributed by atoms with Crippen LogP contribution in [-0.2, 0) is 9.59 Å². The summed E-state index contributed by atoms with van der Waals surface area (Å²) in [6.45, 7) is 6.70. The number of hydrogen-bond acceptors (Lipinski definition) is 3. The monoisotopic (exact) mass is 427 g/mol. The molecule has 3 rings (SSSR count). The number of halogens is 1. The molecule has 0 unspecified atom stereocenters. The number of anilines is 2. The number of amides is 3. The lowest BCUT2D eigenvalue weighted by Gasteiger charge is -2.20. The van der Waals surface area contributed by atoms with Gasteiger partial charge in [-0.05, 0) is 42.7 Å². The third-order valence-corrected chi connectivity index (χ3v) is 5.54. The van der Waals surface area contributed by atoms with Crippen LogP contribution in [-0.4, -0.2) is 30.8 Å². The maximum Gasteiger partial charge on any atom is 0.253 e. The van der Waals surface area contributed by atoms with E-state index in [4.69, 9.17) is 11.6 Å². The third-order valence-electron chi connectivity index (χ3n) is 5.13. The Morgan fingerprint density at radius 2 is 1.90 bits per heavy atom. The van der Waals surface area contributed by atoms with E-state index in [1.54, 1.807) is 41.3 Å². The van der Waals surface area contributed by atoms with Gasteiger partial charge in [0.2, 0.25) is 11.8 Å². The first-order chi connectivity index (χ1) is 14.3. The highest BCUT2D eigenvalue weighted by atomic mass is 35.5. The summed E-state index contributed by atoms with van der Waals surface area (Å²) < 4.78 is 0. The molecule has 2 aromatic carbocycles. The van der Waals surface area contributed by atoms with Crippen LogP contribution in [0.1, 0.15) is 36.2 Å². The zero-order chi connectivity index (χ0) is 21.8. The van der Waals surface area contributed by atoms with Crippen LogP contribution in [0.4, 0.5) is 11.4 Å². The molecule has 3 amide bonds. The maximum atomic E-state index is 12.9. The summed E-state index contributed by atoms with van der Waals surface area (Å²) in [4.78, 5) is 39.5. The quantitative estimate of drug-likeness (QED) is 0.730. The number of hydrogen-bond donors (Lipinski definition) is 2. The minimum absolute atomic E-state index is 0.111. The summed E-state index contributed by atoms with van der Waals surface area (Å²) in [7, 11) is 0. The molecule has 0 radical (unpaired) electrons. The lowest BCUT2D eigenvalue weighted by Crippen LogP contribution is -2.30. The lowest BCUT2D eigenvalue weighted by molar-refractivity contribution is -0.122. The van der Waals surface area contributed by atoms with E-state index in [1.165, 1.54) is 0 Å². The molecule has 1 atom stereocenters. The fourth-order valence-electron chi connectivity index (χ4n) is 3.42. The predicted molar refractivity (Wildman–Crippen MR) is 119 cm³/mol. The second-order valence-corrected chi connectivity index (χ2v) is 8.34. The summed E-state index contributed by atoms with van der Waals surface area (Å²) in [5.41, 5.74) is 2.36. The second-order valence-electron chi connectivity index (χ2n) is 7.93. The van der Waals surface area contributed by atoms with Gasteiger partial charge < -0.3 is 15.5 Å². The van der Waals surface area contributed by atoms with E-state index in [-0.39, 0.29) is 30.7 Å². The molecule has 0 spiro atoms. The van der Waals surface area contributed by atoms with Gasteiger partial charge in [-0.3, -0.25) is 14.4 Å². The fourth-order valence-corrected chi connectivity index (χ4v) is 3.59. The minimum Gasteiger partial charge on any atom is -0.352 e. The van der Waals surface area contributed by atoms with Crippen molar-refractivity contribution in [2.75, 3.05) is 23.3 Å². The van der Waals surface area contributed by atoms with Gasteiger partial charge in [-0.25, -0.2) is 0 Å². The van der Waals surface area contributed by atoms with Crippen molar-refractivity contribution >= 4 is 40.7 Å². The molecule has 0 saturated carbocycles. The van der Waals surface area contributed by atoms with Crippen molar-refractivity contribution in [2.45, 2.75) is 27.2 Å². The zero-order valence-corrected chi connectivity index (χ0v) is 18.1. The molecule has 0 bridgehead atoms. The van der Waals surface area contributed by atoms with Gasteiger partial charge in [0, 0.05) is 30.2 Å². The molecule has 1 aliphatic rings. The summed E-state index contributed by atoms with van der Waals surface area (Å²) in [5.74, 6) is -0.833. The van der Waals surface area contributed by atoms with Crippen molar-refractivity contribution in [3.8, 4) is 0 Å². The van der Waals surface area contributed by atoms with Crippen LogP contribution in [0.5, 0.6) is 0 Å². The molecule has 2 N–H and O–H groups in total. The molecule has 0 aliphatic carbocycles. The Morgan fingerprint density at radius 1 is 1.17 bits per heavy atom. The highest BCUT2D eigenvalue weighted by Crippen LogP contribution is 2.32. The molecule has 2 aromatic rings. The van der Waals surface area contributed by atoms with Gasteiger partial charge in [-0.15, -0.1) is 0 Å². The van der Waals surface area contributed by atoms with Crippen molar-refractivity contribution in [1.29, 1.82) is 0 Å². The van der Waals surface area contributed by atoms with Crippen LogP contribution >= 0.6 is 11.6 Å². The highest BCUT2D eigenvalue weighted by molar-refractivity contribution is 6.31. The van der Waals surface area contributed by atoms with Gasteiger partial charge in [0.15, 0.2) is 0 Å². The van der Waals surface area contributed by atoms with Gasteiger partial charge in [0.25, 0.3) is 5.91 Å². The van der Waals surface area contributed by atoms with Crippen molar-refractivity contribution in [3.63, 3.8) is 0 Å². The Labute approximate surface area is 181 Å². The lowest BCUT2D eigenvalue weighted by atomic mass is 10.1. The Hall–Kier alpha value is -2.86. The summed E-state index contributed by atoms with van der Waals surface area (Å²) >= 11 is 6.18. The Morgan fingerprint density at radius 3 is 2.63 bits per heavy atom. The fraction of sp³-hybridized carbons (Fsp3) is 0.348. The topological polar surface area (TPSA) is 78.5 Å². The van der Waals surface area contributed by atoms with Gasteiger partial charge in [-0.2, -0.15) is 0 Å². The van der Waals surface area contributed by atoms with Gasteiger partial charge in [-0.1, -0.05) is 43.6 Å². The van der Waals surface area contributed by atoms with Crippen molar-refractivity contribution in [1.82, 2.24) is 5.32 Å². The number of carbonyl (C=O) groups is 3. The molecule has 6 nitrogen and oxygen atoms in total. The summed E-state index contributed by atoms with van der Waals surface area (Å²) in [6, 6.07) is 12.3. The molecule has 7 heteroatoms. The van der Waals surface area contributed by atoms with Gasteiger partial charge >= 0.3 is 0 Å². The smallest absolute Gasteiger partial charge is 0.253 e. The molecule has 30 heavy (non-hydrogen) atoms. The average molecular weight is 428 g/mol. The Kier molecular flexibility index (Phi) is 6.77. The number of nitrogens with one attached hydrogen (secondary N) is 2. The third kappa shape index (κ3) is 4.82. The first-order valence-electron chi connectivity index (χ1n) is 10.0. The van der Waals surface area contributed by atoms with Crippen LogP contribution < -0.4 is 15.5 Å². The van der Waals surface area contributed by atoms with Crippen molar-refractivity contribution in [2.24, 2.45) is 11.8 Å². The van der Waals surface area contributed by atoms with E-state index in [9.17, 15) is 14.4 Å². The summed E-state index contributed by atoms with van der Waals surface area (Å²) in [5, 5.41) is 6.28. The Bertz CT molecular complexity index is 974. The second kappa shape index (κ2) is 9.30. The number of benzene rings is 2. The van der Waals surface area contributed by atoms with Crippen molar-refractivity contribution in [3.05, 3.63) is 58.6 Å². The van der Waals surface area contributed by atoms with Crippen LogP contribution in [0, 0.1) is 18.8 Å². The molecule has 1 fully saturated rings. The SMILES string of the molecule is Cc1c(Cl)cccc1N1C[C@H](C(=O)Nc2ccccc2C(=O)NCC(C)C)CC1=O. The first-order valence-corrected chi connectivity index (χ1v) is 10.4. The van der Waals surface area contributed by atoms with Crippen molar-refractivity contribution < 1.29 is 14.4 Å². The predicted octanol–water partition coefficient (Wildman–Crippen LogP) is 4.03. The number of rotatable bonds is 6. The Balaban J connectivity index is 1.72. The van der Waals surface area contributed by atoms with Crippen LogP contribution in [0.25, 0.3) is 0 Å². The van der Waals surface area contributed by atoms with E-state index in [1.807, 2.05) is 26.8 Å². The maximum absolute atomic E-state index is 12.9. The molecule has 158 valence electrons. The molecule has 1 aliphatic heterocycles. The highest BCUT2D eigenvalue weighted by Gasteiger charge is 2.36. The molecule has 1 heterocycles. The van der Waals surface area contributed by atoms with E-state index >= 15 is 0 Å². The van der Waals surface area contributed by atoms with E-state index in [0.29, 0.717) is 28.7 Å². The van der Waals surface area contributed by atoms with E-state index in [2.05, 4.69) is 10.6 Å². The molecule has 0 aromatic heterocycles. The molecular formula is C23H26ClN3O3. The van der Waals surface area contributed by atoms with E-state index < -0.39 is 5.92 Å². The summed E-state index contributed by atoms with van der Waals surface area (Å²) in [6.07, 6.45) is 0.111. The standard InChI is InChI=1S/C23H26ClN3O3/c1-14(2)12-25-23(30)17-7-4-5-9-19(17)26-22(29)16-11-21(28)27(13-16)20-10-6-8-18(24)15(20)3/h4-10,14,16H,11-13H2,1-3H3,(H,25,30)(H,26,29)/t16-/m1/s1. The first kappa shape index (κ1) is 21.8. The molecular weight excluding hydrogens is 402 g/mol. The van der Waals surface area contributed by atoms with Crippen LogP contribution in [0.3, 0.4) is 0 Å².